The molecule has 1 aliphatic heterocycles. The SMILES string of the molecule is CCCCc1ccc(N(C)C(C)C(=O)N2CCN(c3ncccc3C#N)CC2)cc1. The molecule has 2 aromatic rings. The van der Waals surface area contributed by atoms with E-state index in [1.54, 1.807) is 18.3 Å². The van der Waals surface area contributed by atoms with Gasteiger partial charge >= 0.3 is 0 Å². The monoisotopic (exact) mass is 405 g/mol. The molecule has 0 radical (unpaired) electrons. The highest BCUT2D eigenvalue weighted by Crippen LogP contribution is 2.21. The van der Waals surface area contributed by atoms with Gasteiger partial charge < -0.3 is 14.7 Å². The number of nitrogens with zero attached hydrogens (tertiary/aromatic N) is 5. The van der Waals surface area contributed by atoms with Gasteiger partial charge in [-0.05, 0) is 49.6 Å². The fourth-order valence-electron chi connectivity index (χ4n) is 3.81. The van der Waals surface area contributed by atoms with Crippen LogP contribution in [0.4, 0.5) is 11.5 Å². The van der Waals surface area contributed by atoms with E-state index in [4.69, 9.17) is 0 Å². The average molecular weight is 406 g/mol. The van der Waals surface area contributed by atoms with E-state index in [-0.39, 0.29) is 11.9 Å². The number of carbonyl (C=O) groups is 1. The lowest BCUT2D eigenvalue weighted by Gasteiger charge is -2.38. The second-order valence-corrected chi connectivity index (χ2v) is 7.86. The van der Waals surface area contributed by atoms with Gasteiger partial charge in [0, 0.05) is 45.1 Å². The van der Waals surface area contributed by atoms with Crippen LogP contribution >= 0.6 is 0 Å². The van der Waals surface area contributed by atoms with Crippen LogP contribution in [0.15, 0.2) is 42.6 Å². The van der Waals surface area contributed by atoms with Gasteiger partial charge in [0.05, 0.1) is 5.56 Å². The summed E-state index contributed by atoms with van der Waals surface area (Å²) >= 11 is 0. The van der Waals surface area contributed by atoms with E-state index in [0.717, 1.165) is 12.1 Å². The first kappa shape index (κ1) is 21.6. The van der Waals surface area contributed by atoms with E-state index >= 15 is 0 Å². The third kappa shape index (κ3) is 4.91. The Balaban J connectivity index is 1.58. The molecule has 3 rings (SSSR count). The van der Waals surface area contributed by atoms with Crippen molar-refractivity contribution in [1.82, 2.24) is 9.88 Å². The second kappa shape index (κ2) is 10.1. The molecule has 0 saturated carbocycles. The molecule has 1 unspecified atom stereocenters. The number of pyridine rings is 1. The van der Waals surface area contributed by atoms with Gasteiger partial charge in [-0.3, -0.25) is 4.79 Å². The van der Waals surface area contributed by atoms with E-state index in [9.17, 15) is 10.1 Å². The average Bonchev–Trinajstić information content (AvgIpc) is 2.81. The number of amides is 1. The molecule has 6 nitrogen and oxygen atoms in total. The number of likely N-dealkylation sites (N-methyl/N-ethyl adjacent to an activating group) is 1. The van der Waals surface area contributed by atoms with Crippen molar-refractivity contribution in [3.8, 4) is 6.07 Å². The van der Waals surface area contributed by atoms with Gasteiger partial charge in [0.2, 0.25) is 5.91 Å². The van der Waals surface area contributed by atoms with Crippen molar-refractivity contribution in [2.75, 3.05) is 43.0 Å². The summed E-state index contributed by atoms with van der Waals surface area (Å²) in [6.07, 6.45) is 5.20. The Morgan fingerprint density at radius 2 is 1.90 bits per heavy atom. The Kier molecular flexibility index (Phi) is 7.29. The minimum Gasteiger partial charge on any atom is -0.363 e. The molecule has 1 atom stereocenters. The molecule has 1 fully saturated rings. The number of hydrogen-bond acceptors (Lipinski definition) is 5. The molecule has 0 N–H and O–H groups in total. The van der Waals surface area contributed by atoms with Crippen LogP contribution in [0.3, 0.4) is 0 Å². The number of benzene rings is 1. The lowest BCUT2D eigenvalue weighted by Crippen LogP contribution is -2.54. The van der Waals surface area contributed by atoms with Crippen molar-refractivity contribution in [2.45, 2.75) is 39.2 Å². The quantitative estimate of drug-likeness (QED) is 0.706. The molecule has 1 aliphatic rings. The molecule has 30 heavy (non-hydrogen) atoms. The normalized spacial score (nSPS) is 14.9. The van der Waals surface area contributed by atoms with Crippen LogP contribution in [-0.2, 0) is 11.2 Å². The van der Waals surface area contributed by atoms with Crippen LogP contribution in [0.25, 0.3) is 0 Å². The summed E-state index contributed by atoms with van der Waals surface area (Å²) in [5.41, 5.74) is 2.98. The highest BCUT2D eigenvalue weighted by molar-refractivity contribution is 5.85. The maximum atomic E-state index is 13.1. The van der Waals surface area contributed by atoms with Crippen molar-refractivity contribution >= 4 is 17.4 Å². The molecule has 1 aromatic carbocycles. The molecule has 1 amide bonds. The number of hydrogen-bond donors (Lipinski definition) is 0. The lowest BCUT2D eigenvalue weighted by atomic mass is 10.1. The topological polar surface area (TPSA) is 63.5 Å². The summed E-state index contributed by atoms with van der Waals surface area (Å²) < 4.78 is 0. The summed E-state index contributed by atoms with van der Waals surface area (Å²) in [7, 11) is 1.98. The van der Waals surface area contributed by atoms with Gasteiger partial charge in [-0.15, -0.1) is 0 Å². The number of unbranched alkanes of at least 4 members (excludes halogenated alkanes) is 1. The van der Waals surface area contributed by atoms with E-state index in [1.165, 1.54) is 18.4 Å². The first-order chi connectivity index (χ1) is 14.5. The number of aromatic nitrogens is 1. The van der Waals surface area contributed by atoms with Crippen molar-refractivity contribution in [2.24, 2.45) is 0 Å². The fourth-order valence-corrected chi connectivity index (χ4v) is 3.81. The predicted molar refractivity (Wildman–Crippen MR) is 121 cm³/mol. The number of nitriles is 1. The highest BCUT2D eigenvalue weighted by Gasteiger charge is 2.28. The van der Waals surface area contributed by atoms with Gasteiger partial charge in [-0.25, -0.2) is 4.98 Å². The number of carbonyl (C=O) groups excluding carboxylic acids is 1. The molecule has 0 spiro atoms. The highest BCUT2D eigenvalue weighted by atomic mass is 16.2. The zero-order valence-electron chi connectivity index (χ0n) is 18.2. The molecular formula is C24H31N5O. The third-order valence-corrected chi connectivity index (χ3v) is 5.90. The number of piperazine rings is 1. The molecular weight excluding hydrogens is 374 g/mol. The smallest absolute Gasteiger partial charge is 0.245 e. The molecule has 2 heterocycles. The van der Waals surface area contributed by atoms with E-state index in [1.807, 2.05) is 23.8 Å². The minimum absolute atomic E-state index is 0.133. The summed E-state index contributed by atoms with van der Waals surface area (Å²) in [6, 6.07) is 14.1. The number of aryl methyl sites for hydroxylation is 1. The van der Waals surface area contributed by atoms with E-state index in [2.05, 4.69) is 47.1 Å². The summed E-state index contributed by atoms with van der Waals surface area (Å²) in [4.78, 5) is 23.5. The summed E-state index contributed by atoms with van der Waals surface area (Å²) in [5, 5.41) is 9.30. The van der Waals surface area contributed by atoms with E-state index < -0.39 is 0 Å². The molecule has 6 heteroatoms. The molecule has 1 saturated heterocycles. The van der Waals surface area contributed by atoms with E-state index in [0.29, 0.717) is 37.6 Å². The van der Waals surface area contributed by atoms with Gasteiger partial charge in [0.1, 0.15) is 17.9 Å². The van der Waals surface area contributed by atoms with Crippen LogP contribution in [0.5, 0.6) is 0 Å². The Morgan fingerprint density at radius 3 is 2.53 bits per heavy atom. The standard InChI is InChI=1S/C24H31N5O/c1-4-5-7-20-9-11-22(12-10-20)27(3)19(2)24(30)29-16-14-28(15-17-29)23-21(18-25)8-6-13-26-23/h6,8-13,19H,4-5,7,14-17H2,1-3H3. The Hall–Kier alpha value is -3.07. The molecule has 158 valence electrons. The van der Waals surface area contributed by atoms with Gasteiger partial charge in [0.25, 0.3) is 0 Å². The van der Waals surface area contributed by atoms with Gasteiger partial charge in [-0.1, -0.05) is 25.5 Å². The molecule has 1 aromatic heterocycles. The predicted octanol–water partition coefficient (Wildman–Crippen LogP) is 3.47. The fraction of sp³-hybridized carbons (Fsp3) is 0.458. The van der Waals surface area contributed by atoms with Crippen LogP contribution in [-0.4, -0.2) is 55.1 Å². The van der Waals surface area contributed by atoms with Crippen molar-refractivity contribution in [3.63, 3.8) is 0 Å². The Labute approximate surface area is 179 Å². The number of anilines is 2. The maximum absolute atomic E-state index is 13.1. The summed E-state index contributed by atoms with van der Waals surface area (Å²) in [5.74, 6) is 0.842. The zero-order chi connectivity index (χ0) is 21.5. The third-order valence-electron chi connectivity index (χ3n) is 5.90. The Bertz CT molecular complexity index is 881. The maximum Gasteiger partial charge on any atom is 0.245 e. The van der Waals surface area contributed by atoms with Gasteiger partial charge in [0.15, 0.2) is 0 Å². The lowest BCUT2D eigenvalue weighted by molar-refractivity contribution is -0.132. The van der Waals surface area contributed by atoms with Crippen LogP contribution in [0.2, 0.25) is 0 Å². The van der Waals surface area contributed by atoms with Crippen molar-refractivity contribution < 1.29 is 4.79 Å². The summed E-state index contributed by atoms with van der Waals surface area (Å²) in [6.45, 7) is 6.79. The first-order valence-corrected chi connectivity index (χ1v) is 10.8. The zero-order valence-corrected chi connectivity index (χ0v) is 18.2. The van der Waals surface area contributed by atoms with Crippen molar-refractivity contribution in [1.29, 1.82) is 5.26 Å². The Morgan fingerprint density at radius 1 is 1.20 bits per heavy atom. The van der Waals surface area contributed by atoms with Crippen molar-refractivity contribution in [3.05, 3.63) is 53.7 Å². The first-order valence-electron chi connectivity index (χ1n) is 10.8. The van der Waals surface area contributed by atoms with Gasteiger partial charge in [-0.2, -0.15) is 5.26 Å². The molecule has 0 bridgehead atoms. The minimum atomic E-state index is -0.234. The van der Waals surface area contributed by atoms with Crippen LogP contribution < -0.4 is 9.80 Å². The molecule has 0 aliphatic carbocycles. The number of rotatable bonds is 7. The second-order valence-electron chi connectivity index (χ2n) is 7.86. The largest absolute Gasteiger partial charge is 0.363 e. The van der Waals surface area contributed by atoms with Crippen LogP contribution in [0, 0.1) is 11.3 Å². The van der Waals surface area contributed by atoms with Crippen LogP contribution in [0.1, 0.15) is 37.8 Å².